The molecule has 1 saturated carbocycles. The minimum Gasteiger partial charge on any atom is -0.489 e. The number of amides is 1. The Bertz CT molecular complexity index is 1090. The predicted molar refractivity (Wildman–Crippen MR) is 102 cm³/mol. The Balaban J connectivity index is 1.38. The number of carbonyl (C=O) groups is 1. The van der Waals surface area contributed by atoms with Crippen molar-refractivity contribution in [2.75, 3.05) is 0 Å². The van der Waals surface area contributed by atoms with Gasteiger partial charge in [-0.3, -0.25) is 9.20 Å². The van der Waals surface area contributed by atoms with E-state index in [1.807, 2.05) is 0 Å². The van der Waals surface area contributed by atoms with Gasteiger partial charge in [-0.25, -0.2) is 4.98 Å². The van der Waals surface area contributed by atoms with Crippen LogP contribution in [0.5, 0.6) is 5.75 Å². The number of fused-ring (bicyclic) bond motifs is 1. The maximum Gasteiger partial charge on any atom is 0.417 e. The standard InChI is InChI=1S/C20H17ClF3N3O3/c21-17-14(20(22,23)24)4-1-5-16(17)30-13-7-12(8-13)26-19(29)15-9-25-18-11(10-28)3-2-6-27(15)18/h1-6,9,12-13,28H,7-8,10H2,(H,26,29)/t12-,13-. The number of carbonyl (C=O) groups excluding carboxylic acids is 1. The summed E-state index contributed by atoms with van der Waals surface area (Å²) < 4.78 is 46.0. The van der Waals surface area contributed by atoms with Gasteiger partial charge in [-0.1, -0.05) is 23.7 Å². The fourth-order valence-electron chi connectivity index (χ4n) is 3.40. The average Bonchev–Trinajstić information content (AvgIpc) is 3.11. The fourth-order valence-corrected chi connectivity index (χ4v) is 3.68. The molecule has 1 aliphatic rings. The highest BCUT2D eigenvalue weighted by atomic mass is 35.5. The number of hydrogen-bond acceptors (Lipinski definition) is 4. The van der Waals surface area contributed by atoms with E-state index in [1.165, 1.54) is 18.3 Å². The quantitative estimate of drug-likeness (QED) is 0.633. The summed E-state index contributed by atoms with van der Waals surface area (Å²) in [6.07, 6.45) is -0.915. The molecule has 0 saturated heterocycles. The molecule has 1 fully saturated rings. The van der Waals surface area contributed by atoms with Crippen molar-refractivity contribution in [2.24, 2.45) is 0 Å². The van der Waals surface area contributed by atoms with Crippen LogP contribution in [0.3, 0.4) is 0 Å². The van der Waals surface area contributed by atoms with Crippen LogP contribution in [-0.4, -0.2) is 32.5 Å². The number of rotatable bonds is 5. The molecule has 10 heteroatoms. The van der Waals surface area contributed by atoms with Crippen molar-refractivity contribution in [1.29, 1.82) is 0 Å². The van der Waals surface area contributed by atoms with E-state index in [0.29, 0.717) is 29.7 Å². The summed E-state index contributed by atoms with van der Waals surface area (Å²) in [5.74, 6) is -0.363. The summed E-state index contributed by atoms with van der Waals surface area (Å²) in [7, 11) is 0. The van der Waals surface area contributed by atoms with Crippen LogP contribution >= 0.6 is 11.6 Å². The van der Waals surface area contributed by atoms with Gasteiger partial charge in [0.2, 0.25) is 0 Å². The molecule has 6 nitrogen and oxygen atoms in total. The summed E-state index contributed by atoms with van der Waals surface area (Å²) in [5.41, 5.74) is 0.483. The van der Waals surface area contributed by atoms with Crippen molar-refractivity contribution >= 4 is 23.2 Å². The van der Waals surface area contributed by atoms with E-state index in [9.17, 15) is 23.1 Å². The summed E-state index contributed by atoms with van der Waals surface area (Å²) >= 11 is 5.84. The molecular formula is C20H17ClF3N3O3. The molecule has 2 aromatic heterocycles. The van der Waals surface area contributed by atoms with Crippen LogP contribution in [0.15, 0.2) is 42.7 Å². The van der Waals surface area contributed by atoms with Gasteiger partial charge in [0, 0.05) is 30.6 Å². The van der Waals surface area contributed by atoms with E-state index in [0.717, 1.165) is 6.07 Å². The molecule has 0 bridgehead atoms. The van der Waals surface area contributed by atoms with Crippen molar-refractivity contribution in [3.05, 3.63) is 64.6 Å². The summed E-state index contributed by atoms with van der Waals surface area (Å²) in [6.45, 7) is -0.192. The van der Waals surface area contributed by atoms with Crippen LogP contribution in [0.2, 0.25) is 5.02 Å². The van der Waals surface area contributed by atoms with E-state index in [1.54, 1.807) is 22.7 Å². The number of nitrogens with zero attached hydrogens (tertiary/aromatic N) is 2. The molecule has 0 atom stereocenters. The number of halogens is 4. The van der Waals surface area contributed by atoms with Crippen LogP contribution in [0.4, 0.5) is 13.2 Å². The minimum atomic E-state index is -4.56. The van der Waals surface area contributed by atoms with Crippen LogP contribution in [0.25, 0.3) is 5.65 Å². The van der Waals surface area contributed by atoms with E-state index < -0.39 is 16.8 Å². The normalized spacial score (nSPS) is 18.8. The Hall–Kier alpha value is -2.78. The number of aliphatic hydroxyl groups excluding tert-OH is 1. The Morgan fingerprint density at radius 3 is 2.77 bits per heavy atom. The molecule has 2 N–H and O–H groups in total. The minimum absolute atomic E-state index is 0.0282. The van der Waals surface area contributed by atoms with E-state index >= 15 is 0 Å². The number of imidazole rings is 1. The molecule has 1 aliphatic carbocycles. The maximum atomic E-state index is 13.0. The molecule has 0 aliphatic heterocycles. The van der Waals surface area contributed by atoms with Gasteiger partial charge in [0.25, 0.3) is 5.91 Å². The smallest absolute Gasteiger partial charge is 0.417 e. The number of pyridine rings is 1. The zero-order valence-corrected chi connectivity index (χ0v) is 16.2. The molecule has 0 radical (unpaired) electrons. The van der Waals surface area contributed by atoms with Gasteiger partial charge in [-0.2, -0.15) is 13.2 Å². The van der Waals surface area contributed by atoms with E-state index in [4.69, 9.17) is 16.3 Å². The molecular weight excluding hydrogens is 423 g/mol. The first-order chi connectivity index (χ1) is 14.3. The fraction of sp³-hybridized carbons (Fsp3) is 0.300. The van der Waals surface area contributed by atoms with Gasteiger partial charge in [-0.15, -0.1) is 0 Å². The first kappa shape index (κ1) is 20.5. The van der Waals surface area contributed by atoms with Crippen molar-refractivity contribution in [1.82, 2.24) is 14.7 Å². The lowest BCUT2D eigenvalue weighted by Crippen LogP contribution is -2.49. The zero-order chi connectivity index (χ0) is 21.5. The van der Waals surface area contributed by atoms with Gasteiger partial charge in [-0.05, 0) is 18.2 Å². The molecule has 1 aromatic carbocycles. The number of aromatic nitrogens is 2. The number of hydrogen-bond donors (Lipinski definition) is 2. The zero-order valence-electron chi connectivity index (χ0n) is 15.5. The third-order valence-corrected chi connectivity index (χ3v) is 5.40. The van der Waals surface area contributed by atoms with Crippen molar-refractivity contribution in [2.45, 2.75) is 37.8 Å². The Kier molecular flexibility index (Phi) is 5.33. The molecule has 0 spiro atoms. The highest BCUT2D eigenvalue weighted by Gasteiger charge is 2.36. The molecule has 2 heterocycles. The predicted octanol–water partition coefficient (Wildman–Crippen LogP) is 3.84. The van der Waals surface area contributed by atoms with E-state index in [-0.39, 0.29) is 30.4 Å². The summed E-state index contributed by atoms with van der Waals surface area (Å²) in [4.78, 5) is 16.8. The molecule has 158 valence electrons. The van der Waals surface area contributed by atoms with Crippen LogP contribution < -0.4 is 10.1 Å². The van der Waals surface area contributed by atoms with Crippen LogP contribution in [0.1, 0.15) is 34.5 Å². The Morgan fingerprint density at radius 2 is 2.07 bits per heavy atom. The second-order valence-corrected chi connectivity index (χ2v) is 7.40. The Morgan fingerprint density at radius 1 is 1.30 bits per heavy atom. The van der Waals surface area contributed by atoms with Crippen LogP contribution in [0, 0.1) is 0 Å². The van der Waals surface area contributed by atoms with Crippen LogP contribution in [-0.2, 0) is 12.8 Å². The molecule has 3 aromatic rings. The van der Waals surface area contributed by atoms with Crippen molar-refractivity contribution in [3.8, 4) is 5.75 Å². The number of aliphatic hydroxyl groups is 1. The van der Waals surface area contributed by atoms with Crippen molar-refractivity contribution in [3.63, 3.8) is 0 Å². The van der Waals surface area contributed by atoms with Gasteiger partial charge >= 0.3 is 6.18 Å². The monoisotopic (exact) mass is 439 g/mol. The first-order valence-electron chi connectivity index (χ1n) is 9.17. The molecule has 4 rings (SSSR count). The van der Waals surface area contributed by atoms with Gasteiger partial charge < -0.3 is 15.2 Å². The lowest BCUT2D eigenvalue weighted by Gasteiger charge is -2.36. The number of ether oxygens (including phenoxy) is 1. The highest BCUT2D eigenvalue weighted by Crippen LogP contribution is 2.40. The van der Waals surface area contributed by atoms with Gasteiger partial charge in [0.1, 0.15) is 23.2 Å². The third kappa shape index (κ3) is 3.82. The average molecular weight is 440 g/mol. The topological polar surface area (TPSA) is 75.9 Å². The Labute approximate surface area is 174 Å². The summed E-state index contributed by atoms with van der Waals surface area (Å²) in [5, 5.41) is 11.8. The largest absolute Gasteiger partial charge is 0.489 e. The summed E-state index contributed by atoms with van der Waals surface area (Å²) in [6, 6.07) is 6.78. The lowest BCUT2D eigenvalue weighted by atomic mass is 9.89. The molecule has 0 unspecified atom stereocenters. The maximum absolute atomic E-state index is 13.0. The number of benzene rings is 1. The second-order valence-electron chi connectivity index (χ2n) is 7.03. The highest BCUT2D eigenvalue weighted by molar-refractivity contribution is 6.32. The third-order valence-electron chi connectivity index (χ3n) is 5.01. The van der Waals surface area contributed by atoms with E-state index in [2.05, 4.69) is 10.3 Å². The number of nitrogens with one attached hydrogen (secondary N) is 1. The molecule has 1 amide bonds. The van der Waals surface area contributed by atoms with Crippen molar-refractivity contribution < 1.29 is 27.8 Å². The van der Waals surface area contributed by atoms with Gasteiger partial charge in [0.05, 0.1) is 23.4 Å². The van der Waals surface area contributed by atoms with Gasteiger partial charge in [0.15, 0.2) is 0 Å². The lowest BCUT2D eigenvalue weighted by molar-refractivity contribution is -0.137. The molecule has 30 heavy (non-hydrogen) atoms. The second kappa shape index (κ2) is 7.81. The number of alkyl halides is 3. The first-order valence-corrected chi connectivity index (χ1v) is 9.54. The SMILES string of the molecule is O=C(N[C@H]1C[C@H](Oc2cccc(C(F)(F)F)c2Cl)C1)c1cnc2c(CO)cccn12.